The summed E-state index contributed by atoms with van der Waals surface area (Å²) < 4.78 is 0. The lowest BCUT2D eigenvalue weighted by Gasteiger charge is -2.28. The number of hydrogen-bond donors (Lipinski definition) is 0. The van der Waals surface area contributed by atoms with Crippen LogP contribution in [-0.4, -0.2) is 0 Å². The fourth-order valence-corrected chi connectivity index (χ4v) is 9.51. The molecule has 10 aromatic carbocycles. The van der Waals surface area contributed by atoms with E-state index in [9.17, 15) is 0 Å². The minimum atomic E-state index is -0.0466. The van der Waals surface area contributed by atoms with E-state index in [0.29, 0.717) is 0 Å². The fourth-order valence-electron chi connectivity index (χ4n) is 9.51. The number of para-hydroxylation sites is 1. The second-order valence-corrected chi connectivity index (χ2v) is 16.5. The molecule has 0 unspecified atom stereocenters. The van der Waals surface area contributed by atoms with Gasteiger partial charge in [-0.25, -0.2) is 0 Å². The maximum atomic E-state index is 2.41. The molecule has 284 valence electrons. The minimum Gasteiger partial charge on any atom is -0.310 e. The first-order valence-corrected chi connectivity index (χ1v) is 20.9. The van der Waals surface area contributed by atoms with Gasteiger partial charge in [-0.15, -0.1) is 0 Å². The van der Waals surface area contributed by atoms with Gasteiger partial charge in [0.2, 0.25) is 0 Å². The molecule has 1 nitrogen and oxygen atoms in total. The van der Waals surface area contributed by atoms with Gasteiger partial charge in [-0.3, -0.25) is 0 Å². The highest BCUT2D eigenvalue weighted by atomic mass is 15.1. The predicted octanol–water partition coefficient (Wildman–Crippen LogP) is 16.4. The Bertz CT molecular complexity index is 3210. The smallest absolute Gasteiger partial charge is 0.0540 e. The molecule has 11 rings (SSSR count). The van der Waals surface area contributed by atoms with Crippen molar-refractivity contribution in [1.82, 2.24) is 0 Å². The van der Waals surface area contributed by atoms with Crippen LogP contribution in [0.2, 0.25) is 0 Å². The summed E-state index contributed by atoms with van der Waals surface area (Å²) in [5, 5.41) is 5.01. The Kier molecular flexibility index (Phi) is 8.57. The van der Waals surface area contributed by atoms with Crippen molar-refractivity contribution in [2.24, 2.45) is 0 Å². The molecule has 0 bridgehead atoms. The molecule has 0 saturated heterocycles. The van der Waals surface area contributed by atoms with Crippen molar-refractivity contribution in [1.29, 1.82) is 0 Å². The van der Waals surface area contributed by atoms with Gasteiger partial charge < -0.3 is 4.90 Å². The van der Waals surface area contributed by atoms with Gasteiger partial charge in [0.1, 0.15) is 0 Å². The quantitative estimate of drug-likeness (QED) is 0.156. The summed E-state index contributed by atoms with van der Waals surface area (Å²) in [6.45, 7) is 4.70. The normalized spacial score (nSPS) is 12.6. The van der Waals surface area contributed by atoms with Gasteiger partial charge in [0, 0.05) is 22.4 Å². The van der Waals surface area contributed by atoms with Crippen LogP contribution in [0.5, 0.6) is 0 Å². The summed E-state index contributed by atoms with van der Waals surface area (Å²) in [5.41, 5.74) is 18.4. The van der Waals surface area contributed by atoms with E-state index in [-0.39, 0.29) is 5.41 Å². The number of rotatable bonds is 7. The van der Waals surface area contributed by atoms with Crippen LogP contribution in [0.4, 0.5) is 17.1 Å². The summed E-state index contributed by atoms with van der Waals surface area (Å²) in [4.78, 5) is 2.41. The first-order valence-electron chi connectivity index (χ1n) is 20.9. The Hall–Kier alpha value is -7.48. The van der Waals surface area contributed by atoms with Crippen molar-refractivity contribution in [3.8, 4) is 55.6 Å². The molecular formula is C59H43N. The van der Waals surface area contributed by atoms with Crippen LogP contribution in [0.15, 0.2) is 224 Å². The minimum absolute atomic E-state index is 0.0466. The third kappa shape index (κ3) is 6.10. The zero-order valence-electron chi connectivity index (χ0n) is 33.8. The van der Waals surface area contributed by atoms with Crippen LogP contribution in [0.25, 0.3) is 77.2 Å². The molecular weight excluding hydrogens is 723 g/mol. The molecule has 0 radical (unpaired) electrons. The summed E-state index contributed by atoms with van der Waals surface area (Å²) in [7, 11) is 0. The maximum absolute atomic E-state index is 2.41. The zero-order chi connectivity index (χ0) is 40.2. The van der Waals surface area contributed by atoms with Gasteiger partial charge in [0.05, 0.1) is 5.69 Å². The van der Waals surface area contributed by atoms with Gasteiger partial charge in [0.15, 0.2) is 0 Å². The Balaban J connectivity index is 1.00. The van der Waals surface area contributed by atoms with E-state index >= 15 is 0 Å². The summed E-state index contributed by atoms with van der Waals surface area (Å²) in [6, 6.07) is 82.4. The molecule has 0 fully saturated rings. The van der Waals surface area contributed by atoms with E-state index < -0.39 is 0 Å². The SMILES string of the molecule is CC1(C)c2ccccc2-c2c(-c3ccc(N(c4ccc(-c5ccc6ccccc6c5)cc4)c4ccccc4-c4ccc(-c5ccc6ccccc6c5)cc4)cc3)cccc21. The second kappa shape index (κ2) is 14.4. The lowest BCUT2D eigenvalue weighted by Crippen LogP contribution is -2.14. The Morgan fingerprint density at radius 2 is 0.717 bits per heavy atom. The topological polar surface area (TPSA) is 3.24 Å². The number of nitrogens with zero attached hydrogens (tertiary/aromatic N) is 1. The second-order valence-electron chi connectivity index (χ2n) is 16.5. The van der Waals surface area contributed by atoms with E-state index in [1.54, 1.807) is 0 Å². The standard InChI is InChI=1S/C59H43N/c1-59(2)55-19-9-7-17-54(55)58-53(18-11-20-56(58)59)45-32-36-51(37-33-45)60(50-34-30-43(31-35-50)49-29-25-41-13-4-6-15-47(41)39-49)57-21-10-8-16-52(57)44-26-22-42(23-27-44)48-28-24-40-12-3-5-14-46(40)38-48/h3-39H,1-2H3. The molecule has 10 aromatic rings. The molecule has 1 aliphatic rings. The van der Waals surface area contributed by atoms with Gasteiger partial charge >= 0.3 is 0 Å². The van der Waals surface area contributed by atoms with Crippen molar-refractivity contribution in [2.75, 3.05) is 4.90 Å². The van der Waals surface area contributed by atoms with Crippen molar-refractivity contribution in [3.63, 3.8) is 0 Å². The molecule has 0 spiro atoms. The van der Waals surface area contributed by atoms with E-state index in [0.717, 1.165) is 17.1 Å². The third-order valence-electron chi connectivity index (χ3n) is 12.7. The molecule has 0 atom stereocenters. The molecule has 1 aliphatic carbocycles. The fraction of sp³-hybridized carbons (Fsp3) is 0.0508. The van der Waals surface area contributed by atoms with Crippen LogP contribution in [-0.2, 0) is 5.41 Å². The molecule has 60 heavy (non-hydrogen) atoms. The van der Waals surface area contributed by atoms with E-state index in [1.807, 2.05) is 0 Å². The van der Waals surface area contributed by atoms with Gasteiger partial charge in [-0.2, -0.15) is 0 Å². The van der Waals surface area contributed by atoms with Crippen molar-refractivity contribution < 1.29 is 0 Å². The Morgan fingerprint density at radius 1 is 0.300 bits per heavy atom. The van der Waals surface area contributed by atoms with Gasteiger partial charge in [0.25, 0.3) is 0 Å². The van der Waals surface area contributed by atoms with Crippen LogP contribution in [0.1, 0.15) is 25.0 Å². The predicted molar refractivity (Wildman–Crippen MR) is 255 cm³/mol. The van der Waals surface area contributed by atoms with Crippen LogP contribution in [0.3, 0.4) is 0 Å². The van der Waals surface area contributed by atoms with Crippen LogP contribution < -0.4 is 4.90 Å². The maximum Gasteiger partial charge on any atom is 0.0540 e. The first-order chi connectivity index (χ1) is 29.5. The number of anilines is 3. The zero-order valence-corrected chi connectivity index (χ0v) is 33.8. The van der Waals surface area contributed by atoms with Crippen molar-refractivity contribution in [2.45, 2.75) is 19.3 Å². The number of hydrogen-bond acceptors (Lipinski definition) is 1. The molecule has 0 N–H and O–H groups in total. The van der Waals surface area contributed by atoms with Crippen LogP contribution in [0, 0.1) is 0 Å². The summed E-state index contributed by atoms with van der Waals surface area (Å²) in [5.74, 6) is 0. The van der Waals surface area contributed by atoms with E-state index in [1.165, 1.54) is 88.3 Å². The highest BCUT2D eigenvalue weighted by molar-refractivity contribution is 5.95. The van der Waals surface area contributed by atoms with E-state index in [2.05, 4.69) is 243 Å². The van der Waals surface area contributed by atoms with Crippen molar-refractivity contribution >= 4 is 38.6 Å². The highest BCUT2D eigenvalue weighted by Gasteiger charge is 2.36. The molecule has 0 amide bonds. The number of benzene rings is 10. The average Bonchev–Trinajstić information content (AvgIpc) is 3.55. The monoisotopic (exact) mass is 765 g/mol. The summed E-state index contributed by atoms with van der Waals surface area (Å²) >= 11 is 0. The molecule has 0 aliphatic heterocycles. The van der Waals surface area contributed by atoms with Crippen LogP contribution >= 0.6 is 0 Å². The molecule has 1 heteroatoms. The largest absolute Gasteiger partial charge is 0.310 e. The van der Waals surface area contributed by atoms with E-state index in [4.69, 9.17) is 0 Å². The average molecular weight is 766 g/mol. The number of fused-ring (bicyclic) bond motifs is 5. The first kappa shape index (κ1) is 35.7. The Morgan fingerprint density at radius 3 is 1.33 bits per heavy atom. The lowest BCUT2D eigenvalue weighted by atomic mass is 9.82. The molecule has 0 aromatic heterocycles. The Labute approximate surface area is 352 Å². The molecule has 0 heterocycles. The van der Waals surface area contributed by atoms with Crippen molar-refractivity contribution in [3.05, 3.63) is 236 Å². The lowest BCUT2D eigenvalue weighted by molar-refractivity contribution is 0.660. The molecule has 0 saturated carbocycles. The summed E-state index contributed by atoms with van der Waals surface area (Å²) in [6.07, 6.45) is 0. The third-order valence-corrected chi connectivity index (χ3v) is 12.7. The van der Waals surface area contributed by atoms with Gasteiger partial charge in [-0.05, 0) is 125 Å². The van der Waals surface area contributed by atoms with Gasteiger partial charge in [-0.1, -0.05) is 196 Å². The highest BCUT2D eigenvalue weighted by Crippen LogP contribution is 2.52.